The summed E-state index contributed by atoms with van der Waals surface area (Å²) in [5, 5.41) is 2.82. The van der Waals surface area contributed by atoms with Gasteiger partial charge in [0.1, 0.15) is 17.1 Å². The number of aromatic nitrogens is 1. The van der Waals surface area contributed by atoms with Crippen molar-refractivity contribution in [3.63, 3.8) is 0 Å². The van der Waals surface area contributed by atoms with Crippen molar-refractivity contribution in [3.05, 3.63) is 81.6 Å². The quantitative estimate of drug-likeness (QED) is 0.770. The van der Waals surface area contributed by atoms with Crippen molar-refractivity contribution in [3.8, 4) is 11.5 Å². The minimum Gasteiger partial charge on any atom is -0.463 e. The number of pyridine rings is 1. The zero-order valence-corrected chi connectivity index (χ0v) is 13.2. The van der Waals surface area contributed by atoms with E-state index in [9.17, 15) is 14.0 Å². The Balaban J connectivity index is 1.57. The molecule has 4 rings (SSSR count). The van der Waals surface area contributed by atoms with E-state index in [1.54, 1.807) is 30.3 Å². The maximum absolute atomic E-state index is 13.8. The molecule has 2 heterocycles. The molecule has 1 aromatic carbocycles. The van der Waals surface area contributed by atoms with Gasteiger partial charge in [-0.05, 0) is 54.3 Å². The molecule has 0 saturated carbocycles. The summed E-state index contributed by atoms with van der Waals surface area (Å²) < 4.78 is 19.0. The largest absolute Gasteiger partial charge is 0.463 e. The van der Waals surface area contributed by atoms with Crippen LogP contribution >= 0.6 is 0 Å². The first-order valence-electron chi connectivity index (χ1n) is 7.99. The third-order valence-corrected chi connectivity index (χ3v) is 4.46. The van der Waals surface area contributed by atoms with Crippen LogP contribution in [-0.4, -0.2) is 10.9 Å². The highest BCUT2D eigenvalue weighted by molar-refractivity contribution is 5.94. The summed E-state index contributed by atoms with van der Waals surface area (Å²) in [6.07, 6.45) is 2.69. The van der Waals surface area contributed by atoms with E-state index in [0.29, 0.717) is 29.9 Å². The Labute approximate surface area is 142 Å². The second-order valence-electron chi connectivity index (χ2n) is 5.96. The average Bonchev–Trinajstić information content (AvgIpc) is 3.26. The lowest BCUT2D eigenvalue weighted by atomic mass is 10.1. The predicted octanol–water partition coefficient (Wildman–Crippen LogP) is 3.19. The molecule has 0 radical (unpaired) electrons. The van der Waals surface area contributed by atoms with Crippen molar-refractivity contribution in [2.75, 3.05) is 0 Å². The van der Waals surface area contributed by atoms with E-state index in [4.69, 9.17) is 4.42 Å². The van der Waals surface area contributed by atoms with Gasteiger partial charge in [0, 0.05) is 0 Å². The molecule has 5 nitrogen and oxygen atoms in total. The molecule has 0 unspecified atom stereocenters. The number of nitrogens with one attached hydrogen (secondary N) is 2. The van der Waals surface area contributed by atoms with Crippen LogP contribution in [0, 0.1) is 5.82 Å². The lowest BCUT2D eigenvalue weighted by Crippen LogP contribution is -2.32. The van der Waals surface area contributed by atoms with Crippen molar-refractivity contribution in [2.45, 2.75) is 18.9 Å². The van der Waals surface area contributed by atoms with E-state index >= 15 is 0 Å². The number of aromatic amines is 1. The standard InChI is InChI=1S/C19H15FN2O3/c20-14-4-1-3-12-11(14)6-8-15(12)21-18(23)13-7-9-16(22-19(13)24)17-5-2-10-25-17/h1-5,7,9-10,15H,6,8H2,(H,21,23)(H,22,24)/t15-/m1/s1. The number of H-pyrrole nitrogens is 1. The summed E-state index contributed by atoms with van der Waals surface area (Å²) >= 11 is 0. The fourth-order valence-electron chi connectivity index (χ4n) is 3.22. The summed E-state index contributed by atoms with van der Waals surface area (Å²) in [5.41, 5.74) is 1.43. The van der Waals surface area contributed by atoms with E-state index in [1.165, 1.54) is 18.4 Å². The monoisotopic (exact) mass is 338 g/mol. The topological polar surface area (TPSA) is 75.1 Å². The van der Waals surface area contributed by atoms with Gasteiger partial charge in [0.25, 0.3) is 11.5 Å². The van der Waals surface area contributed by atoms with Crippen LogP contribution in [0.3, 0.4) is 0 Å². The zero-order chi connectivity index (χ0) is 17.4. The van der Waals surface area contributed by atoms with Gasteiger partial charge in [0.2, 0.25) is 0 Å². The number of carbonyl (C=O) groups is 1. The SMILES string of the molecule is O=C(N[C@@H]1CCc2c(F)cccc21)c1ccc(-c2ccco2)[nH]c1=O. The van der Waals surface area contributed by atoms with Gasteiger partial charge in [-0.1, -0.05) is 12.1 Å². The maximum Gasteiger partial charge on any atom is 0.261 e. The molecule has 0 spiro atoms. The number of fused-ring (bicyclic) bond motifs is 1. The minimum absolute atomic E-state index is 0.0140. The fourth-order valence-corrected chi connectivity index (χ4v) is 3.22. The minimum atomic E-state index is -0.496. The highest BCUT2D eigenvalue weighted by atomic mass is 19.1. The van der Waals surface area contributed by atoms with E-state index in [0.717, 1.165) is 5.56 Å². The van der Waals surface area contributed by atoms with E-state index in [2.05, 4.69) is 10.3 Å². The first-order chi connectivity index (χ1) is 12.1. The summed E-state index contributed by atoms with van der Waals surface area (Å²) in [7, 11) is 0. The van der Waals surface area contributed by atoms with E-state index < -0.39 is 11.5 Å². The predicted molar refractivity (Wildman–Crippen MR) is 89.7 cm³/mol. The smallest absolute Gasteiger partial charge is 0.261 e. The van der Waals surface area contributed by atoms with Crippen LogP contribution in [0.4, 0.5) is 4.39 Å². The summed E-state index contributed by atoms with van der Waals surface area (Å²) in [4.78, 5) is 27.3. The van der Waals surface area contributed by atoms with Crippen molar-refractivity contribution in [1.82, 2.24) is 10.3 Å². The fraction of sp³-hybridized carbons (Fsp3) is 0.158. The van der Waals surface area contributed by atoms with Gasteiger partial charge in [-0.15, -0.1) is 0 Å². The third-order valence-electron chi connectivity index (χ3n) is 4.46. The number of halogens is 1. The maximum atomic E-state index is 13.8. The molecule has 6 heteroatoms. The number of furan rings is 1. The number of benzene rings is 1. The molecule has 1 aliphatic carbocycles. The van der Waals surface area contributed by atoms with Crippen molar-refractivity contribution >= 4 is 5.91 Å². The van der Waals surface area contributed by atoms with Crippen molar-refractivity contribution < 1.29 is 13.6 Å². The van der Waals surface area contributed by atoms with E-state index in [1.807, 2.05) is 0 Å². The van der Waals surface area contributed by atoms with Crippen LogP contribution in [0.5, 0.6) is 0 Å². The number of rotatable bonds is 3. The van der Waals surface area contributed by atoms with Gasteiger partial charge < -0.3 is 14.7 Å². The average molecular weight is 338 g/mol. The first kappa shape index (κ1) is 15.4. The first-order valence-corrected chi connectivity index (χ1v) is 7.99. The molecule has 1 atom stereocenters. The molecule has 2 aromatic heterocycles. The van der Waals surface area contributed by atoms with Crippen LogP contribution in [0.2, 0.25) is 0 Å². The molecule has 1 amide bonds. The summed E-state index contributed by atoms with van der Waals surface area (Å²) in [6, 6.07) is 11.1. The third kappa shape index (κ3) is 2.76. The van der Waals surface area contributed by atoms with Gasteiger partial charge in [-0.3, -0.25) is 9.59 Å². The highest BCUT2D eigenvalue weighted by Crippen LogP contribution is 2.32. The number of hydrogen-bond donors (Lipinski definition) is 2. The molecule has 2 N–H and O–H groups in total. The Hall–Kier alpha value is -3.15. The zero-order valence-electron chi connectivity index (χ0n) is 13.2. The van der Waals surface area contributed by atoms with E-state index in [-0.39, 0.29) is 17.4 Å². The Kier molecular flexibility index (Phi) is 3.72. The number of amides is 1. The molecular formula is C19H15FN2O3. The number of carbonyl (C=O) groups excluding carboxylic acids is 1. The van der Waals surface area contributed by atoms with Crippen molar-refractivity contribution in [2.24, 2.45) is 0 Å². The molecular weight excluding hydrogens is 323 g/mol. The second kappa shape index (κ2) is 6.05. The molecule has 0 bridgehead atoms. The van der Waals surface area contributed by atoms with Crippen LogP contribution in [0.25, 0.3) is 11.5 Å². The Bertz CT molecular complexity index is 992. The lowest BCUT2D eigenvalue weighted by Gasteiger charge is -2.14. The second-order valence-corrected chi connectivity index (χ2v) is 5.96. The summed E-state index contributed by atoms with van der Waals surface area (Å²) in [5.74, 6) is -0.214. The molecule has 0 aliphatic heterocycles. The Morgan fingerprint density at radius 1 is 1.20 bits per heavy atom. The molecule has 0 fully saturated rings. The highest BCUT2D eigenvalue weighted by Gasteiger charge is 2.27. The molecule has 25 heavy (non-hydrogen) atoms. The van der Waals surface area contributed by atoms with Crippen LogP contribution in [0.1, 0.15) is 33.9 Å². The molecule has 3 aromatic rings. The molecule has 1 aliphatic rings. The van der Waals surface area contributed by atoms with Gasteiger partial charge in [-0.25, -0.2) is 4.39 Å². The molecule has 126 valence electrons. The lowest BCUT2D eigenvalue weighted by molar-refractivity contribution is 0.0935. The van der Waals surface area contributed by atoms with Gasteiger partial charge in [0.15, 0.2) is 0 Å². The molecule has 0 saturated heterocycles. The van der Waals surface area contributed by atoms with Crippen LogP contribution in [-0.2, 0) is 6.42 Å². The normalized spacial score (nSPS) is 15.8. The van der Waals surface area contributed by atoms with Crippen LogP contribution < -0.4 is 10.9 Å². The summed E-state index contributed by atoms with van der Waals surface area (Å²) in [6.45, 7) is 0. The number of hydrogen-bond acceptors (Lipinski definition) is 3. The van der Waals surface area contributed by atoms with Gasteiger partial charge in [0.05, 0.1) is 18.0 Å². The van der Waals surface area contributed by atoms with Gasteiger partial charge >= 0.3 is 0 Å². The Morgan fingerprint density at radius 2 is 2.08 bits per heavy atom. The van der Waals surface area contributed by atoms with Gasteiger partial charge in [-0.2, -0.15) is 0 Å². The van der Waals surface area contributed by atoms with Crippen molar-refractivity contribution in [1.29, 1.82) is 0 Å². The van der Waals surface area contributed by atoms with Crippen LogP contribution in [0.15, 0.2) is 57.9 Å². The Morgan fingerprint density at radius 3 is 2.84 bits per heavy atom.